The number of carbonyl (C=O) groups is 2. The van der Waals surface area contributed by atoms with Crippen molar-refractivity contribution < 1.29 is 19.1 Å². The summed E-state index contributed by atoms with van der Waals surface area (Å²) in [7, 11) is 0. The van der Waals surface area contributed by atoms with Crippen LogP contribution in [0.5, 0.6) is 0 Å². The minimum atomic E-state index is -0.338. The highest BCUT2D eigenvalue weighted by Gasteiger charge is 2.32. The van der Waals surface area contributed by atoms with E-state index in [0.717, 1.165) is 23.0 Å². The van der Waals surface area contributed by atoms with Crippen molar-refractivity contribution in [1.29, 1.82) is 0 Å². The number of carbonyl (C=O) groups excluding carboxylic acids is 2. The maximum atomic E-state index is 11.2. The van der Waals surface area contributed by atoms with Gasteiger partial charge in [0.1, 0.15) is 13.2 Å². The molecule has 0 aliphatic carbocycles. The zero-order valence-electron chi connectivity index (χ0n) is 16.7. The standard InChI is InChI=1S/C19H28O4S6/c1-5-15(20)22-7-13-9-24-17(28-13)11-26-19(3,4)27-12-18-25-10-14(29-18)8-23-16(21)6-2/h5-6,13-14,17-18H,1-2,7-12H2,3-4H3. The highest BCUT2D eigenvalue weighted by atomic mass is 32.2. The number of esters is 2. The van der Waals surface area contributed by atoms with Crippen LogP contribution in [0.1, 0.15) is 13.8 Å². The molecular formula is C19H28O4S6. The Labute approximate surface area is 199 Å². The van der Waals surface area contributed by atoms with Crippen LogP contribution in [0.25, 0.3) is 0 Å². The van der Waals surface area contributed by atoms with Crippen molar-refractivity contribution >= 4 is 82.5 Å². The van der Waals surface area contributed by atoms with Gasteiger partial charge in [-0.1, -0.05) is 13.2 Å². The predicted octanol–water partition coefficient (Wildman–Crippen LogP) is 5.00. The SMILES string of the molecule is C=CC(=O)OCC1CSC(CSC(C)(C)SCC2SCC(COC(=O)C=C)S2)S1. The topological polar surface area (TPSA) is 52.6 Å². The lowest BCUT2D eigenvalue weighted by Crippen LogP contribution is -2.17. The molecule has 29 heavy (non-hydrogen) atoms. The third-order valence-electron chi connectivity index (χ3n) is 3.91. The van der Waals surface area contributed by atoms with Crippen molar-refractivity contribution in [2.24, 2.45) is 0 Å². The van der Waals surface area contributed by atoms with Gasteiger partial charge in [0.15, 0.2) is 0 Å². The second-order valence-electron chi connectivity index (χ2n) is 6.73. The van der Waals surface area contributed by atoms with E-state index in [9.17, 15) is 9.59 Å². The molecule has 0 radical (unpaired) electrons. The van der Waals surface area contributed by atoms with Gasteiger partial charge in [-0.15, -0.1) is 70.6 Å². The van der Waals surface area contributed by atoms with E-state index in [-0.39, 0.29) is 16.0 Å². The Kier molecular flexibility index (Phi) is 11.7. The van der Waals surface area contributed by atoms with Gasteiger partial charge in [0, 0.05) is 45.7 Å². The van der Waals surface area contributed by atoms with Crippen LogP contribution in [-0.4, -0.2) is 71.9 Å². The highest BCUT2D eigenvalue weighted by molar-refractivity contribution is 8.24. The minimum absolute atomic E-state index is 0.156. The van der Waals surface area contributed by atoms with Crippen LogP contribution in [0.15, 0.2) is 25.3 Å². The largest absolute Gasteiger partial charge is 0.461 e. The fraction of sp³-hybridized carbons (Fsp3) is 0.684. The van der Waals surface area contributed by atoms with Crippen LogP contribution in [0.2, 0.25) is 0 Å². The Morgan fingerprint density at radius 2 is 1.34 bits per heavy atom. The van der Waals surface area contributed by atoms with E-state index in [0.29, 0.717) is 32.9 Å². The lowest BCUT2D eigenvalue weighted by Gasteiger charge is -2.26. The van der Waals surface area contributed by atoms with Crippen LogP contribution >= 0.6 is 70.6 Å². The zero-order chi connectivity index (χ0) is 21.3. The van der Waals surface area contributed by atoms with Crippen molar-refractivity contribution in [3.8, 4) is 0 Å². The maximum Gasteiger partial charge on any atom is 0.330 e. The smallest absolute Gasteiger partial charge is 0.330 e. The molecule has 4 unspecified atom stereocenters. The third-order valence-corrected chi connectivity index (χ3v) is 14.3. The Hall–Kier alpha value is 0.520. The zero-order valence-corrected chi connectivity index (χ0v) is 21.6. The average Bonchev–Trinajstić information content (AvgIpc) is 3.36. The van der Waals surface area contributed by atoms with Gasteiger partial charge in [-0.3, -0.25) is 0 Å². The molecule has 0 bridgehead atoms. The first kappa shape index (κ1) is 25.8. The van der Waals surface area contributed by atoms with Gasteiger partial charge in [-0.05, 0) is 13.8 Å². The molecule has 2 heterocycles. The van der Waals surface area contributed by atoms with Crippen molar-refractivity contribution in [1.82, 2.24) is 0 Å². The quantitative estimate of drug-likeness (QED) is 0.203. The van der Waals surface area contributed by atoms with E-state index in [4.69, 9.17) is 9.47 Å². The second kappa shape index (κ2) is 13.2. The van der Waals surface area contributed by atoms with Gasteiger partial charge in [0.05, 0.1) is 13.2 Å². The molecule has 0 N–H and O–H groups in total. The summed E-state index contributed by atoms with van der Waals surface area (Å²) in [5, 5.41) is 0.757. The Balaban J connectivity index is 1.60. The van der Waals surface area contributed by atoms with E-state index < -0.39 is 0 Å². The molecule has 0 aromatic heterocycles. The molecule has 4 nitrogen and oxygen atoms in total. The predicted molar refractivity (Wildman–Crippen MR) is 137 cm³/mol. The Bertz CT molecular complexity index is 537. The summed E-state index contributed by atoms with van der Waals surface area (Å²) in [6.45, 7) is 12.4. The molecule has 4 atom stereocenters. The van der Waals surface area contributed by atoms with Gasteiger partial charge in [0.25, 0.3) is 0 Å². The highest BCUT2D eigenvalue weighted by Crippen LogP contribution is 2.47. The molecular weight excluding hydrogens is 485 g/mol. The van der Waals surface area contributed by atoms with Gasteiger partial charge in [-0.2, -0.15) is 0 Å². The van der Waals surface area contributed by atoms with E-state index in [1.54, 1.807) is 0 Å². The molecule has 10 heteroatoms. The van der Waals surface area contributed by atoms with E-state index >= 15 is 0 Å². The van der Waals surface area contributed by atoms with Crippen molar-refractivity contribution in [2.75, 3.05) is 36.2 Å². The fourth-order valence-corrected chi connectivity index (χ4v) is 11.8. The number of rotatable bonds is 12. The summed E-state index contributed by atoms with van der Waals surface area (Å²) in [6, 6.07) is 0. The van der Waals surface area contributed by atoms with Gasteiger partial charge in [-0.25, -0.2) is 9.59 Å². The monoisotopic (exact) mass is 512 g/mol. The molecule has 0 aromatic rings. The molecule has 0 aromatic carbocycles. The molecule has 164 valence electrons. The van der Waals surface area contributed by atoms with E-state index in [2.05, 4.69) is 27.0 Å². The summed E-state index contributed by atoms with van der Waals surface area (Å²) in [6.07, 6.45) is 2.44. The molecule has 2 aliphatic rings. The molecule has 2 fully saturated rings. The van der Waals surface area contributed by atoms with Gasteiger partial charge in [0.2, 0.25) is 0 Å². The van der Waals surface area contributed by atoms with Gasteiger partial charge >= 0.3 is 11.9 Å². The first-order valence-electron chi connectivity index (χ1n) is 9.21. The lowest BCUT2D eigenvalue weighted by molar-refractivity contribution is -0.138. The maximum absolute atomic E-state index is 11.2. The third kappa shape index (κ3) is 10.1. The van der Waals surface area contributed by atoms with E-state index in [1.165, 1.54) is 12.2 Å². The number of ether oxygens (including phenoxy) is 2. The lowest BCUT2D eigenvalue weighted by atomic mass is 10.5. The summed E-state index contributed by atoms with van der Waals surface area (Å²) in [4.78, 5) is 22.4. The Morgan fingerprint density at radius 1 is 0.931 bits per heavy atom. The number of thioether (sulfide) groups is 6. The fourth-order valence-electron chi connectivity index (χ4n) is 2.41. The summed E-state index contributed by atoms with van der Waals surface area (Å²) < 4.78 is 11.6. The van der Waals surface area contributed by atoms with Crippen molar-refractivity contribution in [3.63, 3.8) is 0 Å². The number of hydrogen-bond acceptors (Lipinski definition) is 10. The first-order chi connectivity index (χ1) is 13.8. The minimum Gasteiger partial charge on any atom is -0.461 e. The summed E-state index contributed by atoms with van der Waals surface area (Å²) in [5.41, 5.74) is 0. The van der Waals surface area contributed by atoms with Crippen LogP contribution in [0, 0.1) is 0 Å². The summed E-state index contributed by atoms with van der Waals surface area (Å²) >= 11 is 11.8. The van der Waals surface area contributed by atoms with Crippen LogP contribution in [0.4, 0.5) is 0 Å². The Morgan fingerprint density at radius 3 is 1.72 bits per heavy atom. The normalized spacial score (nSPS) is 26.8. The summed E-state index contributed by atoms with van der Waals surface area (Å²) in [5.74, 6) is 3.56. The molecule has 2 aliphatic heterocycles. The molecule has 2 saturated heterocycles. The number of hydrogen-bond donors (Lipinski definition) is 0. The molecule has 0 saturated carbocycles. The van der Waals surface area contributed by atoms with Gasteiger partial charge < -0.3 is 9.47 Å². The molecule has 2 rings (SSSR count). The second-order valence-corrected chi connectivity index (χ2v) is 16.4. The first-order valence-corrected chi connectivity index (χ1v) is 15.2. The molecule has 0 amide bonds. The molecule has 0 spiro atoms. The van der Waals surface area contributed by atoms with Crippen molar-refractivity contribution in [3.05, 3.63) is 25.3 Å². The van der Waals surface area contributed by atoms with E-state index in [1.807, 2.05) is 70.6 Å². The van der Waals surface area contributed by atoms with Crippen LogP contribution in [-0.2, 0) is 19.1 Å². The van der Waals surface area contributed by atoms with Crippen LogP contribution < -0.4 is 0 Å². The van der Waals surface area contributed by atoms with Crippen molar-refractivity contribution in [2.45, 2.75) is 37.6 Å². The van der Waals surface area contributed by atoms with Crippen LogP contribution in [0.3, 0.4) is 0 Å². The average molecular weight is 513 g/mol.